The van der Waals surface area contributed by atoms with Gasteiger partial charge in [0.1, 0.15) is 5.75 Å². The molecule has 124 valence electrons. The van der Waals surface area contributed by atoms with E-state index in [0.717, 1.165) is 35.2 Å². The van der Waals surface area contributed by atoms with Crippen molar-refractivity contribution >= 4 is 11.6 Å². The standard InChI is InChI=1S/C20H22N2O2/c1-3-7-17-12-16(10-11-20(17)24)18-13-19(22(21-18)14(2)23)15-8-5-4-6-9-15/h4-6,8-12,19,24H,3,7,13H2,1-2H3. The Kier molecular flexibility index (Phi) is 4.65. The number of benzene rings is 2. The molecule has 1 amide bonds. The monoisotopic (exact) mass is 322 g/mol. The number of phenolic OH excluding ortho intramolecular Hbond substituents is 1. The van der Waals surface area contributed by atoms with Crippen LogP contribution in [-0.4, -0.2) is 21.7 Å². The highest BCUT2D eigenvalue weighted by Crippen LogP contribution is 2.33. The molecule has 0 aromatic heterocycles. The summed E-state index contributed by atoms with van der Waals surface area (Å²) in [6, 6.07) is 15.5. The zero-order valence-corrected chi connectivity index (χ0v) is 14.1. The van der Waals surface area contributed by atoms with Crippen LogP contribution in [0.4, 0.5) is 0 Å². The van der Waals surface area contributed by atoms with E-state index in [-0.39, 0.29) is 11.9 Å². The van der Waals surface area contributed by atoms with E-state index in [2.05, 4.69) is 12.0 Å². The zero-order valence-electron chi connectivity index (χ0n) is 14.1. The fraction of sp³-hybridized carbons (Fsp3) is 0.300. The molecular formula is C20H22N2O2. The number of hydrazone groups is 1. The first kappa shape index (κ1) is 16.2. The Balaban J connectivity index is 1.93. The van der Waals surface area contributed by atoms with Gasteiger partial charge < -0.3 is 5.11 Å². The molecular weight excluding hydrogens is 300 g/mol. The van der Waals surface area contributed by atoms with E-state index in [1.165, 1.54) is 0 Å². The second-order valence-electron chi connectivity index (χ2n) is 6.13. The van der Waals surface area contributed by atoms with Crippen molar-refractivity contribution in [2.45, 2.75) is 39.2 Å². The summed E-state index contributed by atoms with van der Waals surface area (Å²) in [6.45, 7) is 3.63. The van der Waals surface area contributed by atoms with Gasteiger partial charge in [-0.15, -0.1) is 0 Å². The predicted octanol–water partition coefficient (Wildman–Crippen LogP) is 4.04. The Morgan fingerprint density at radius 3 is 2.67 bits per heavy atom. The number of hydrogen-bond donors (Lipinski definition) is 1. The van der Waals surface area contributed by atoms with Crippen LogP contribution < -0.4 is 0 Å². The maximum Gasteiger partial charge on any atom is 0.240 e. The maximum absolute atomic E-state index is 12.0. The Bertz CT molecular complexity index is 768. The minimum atomic E-state index is -0.0675. The number of phenols is 1. The second-order valence-corrected chi connectivity index (χ2v) is 6.13. The van der Waals surface area contributed by atoms with Crippen LogP contribution >= 0.6 is 0 Å². The van der Waals surface area contributed by atoms with E-state index in [0.29, 0.717) is 12.2 Å². The van der Waals surface area contributed by atoms with E-state index >= 15 is 0 Å². The van der Waals surface area contributed by atoms with Crippen LogP contribution in [0.25, 0.3) is 0 Å². The summed E-state index contributed by atoms with van der Waals surface area (Å²) in [5.41, 5.74) is 3.87. The summed E-state index contributed by atoms with van der Waals surface area (Å²) in [7, 11) is 0. The van der Waals surface area contributed by atoms with E-state index in [4.69, 9.17) is 0 Å². The molecule has 3 rings (SSSR count). The fourth-order valence-electron chi connectivity index (χ4n) is 3.14. The number of aromatic hydroxyl groups is 1. The quantitative estimate of drug-likeness (QED) is 0.923. The number of nitrogens with zero attached hydrogens (tertiary/aromatic N) is 2. The molecule has 0 saturated heterocycles. The highest BCUT2D eigenvalue weighted by molar-refractivity contribution is 6.03. The number of carbonyl (C=O) groups excluding carboxylic acids is 1. The first-order valence-electron chi connectivity index (χ1n) is 8.34. The molecule has 0 bridgehead atoms. The maximum atomic E-state index is 12.0. The lowest BCUT2D eigenvalue weighted by Gasteiger charge is -2.20. The smallest absolute Gasteiger partial charge is 0.240 e. The number of carbonyl (C=O) groups is 1. The summed E-state index contributed by atoms with van der Waals surface area (Å²) < 4.78 is 0. The number of hydrogen-bond acceptors (Lipinski definition) is 3. The van der Waals surface area contributed by atoms with Crippen molar-refractivity contribution in [2.75, 3.05) is 0 Å². The van der Waals surface area contributed by atoms with Crippen LogP contribution in [0.1, 0.15) is 49.4 Å². The molecule has 0 saturated carbocycles. The minimum Gasteiger partial charge on any atom is -0.508 e. The Labute approximate surface area is 142 Å². The van der Waals surface area contributed by atoms with Crippen molar-refractivity contribution < 1.29 is 9.90 Å². The van der Waals surface area contributed by atoms with Crippen molar-refractivity contribution in [1.82, 2.24) is 5.01 Å². The predicted molar refractivity (Wildman–Crippen MR) is 95.0 cm³/mol. The fourth-order valence-corrected chi connectivity index (χ4v) is 3.14. The van der Waals surface area contributed by atoms with E-state index in [9.17, 15) is 9.90 Å². The van der Waals surface area contributed by atoms with Gasteiger partial charge in [0.25, 0.3) is 0 Å². The Morgan fingerprint density at radius 1 is 1.25 bits per heavy atom. The molecule has 2 aromatic carbocycles. The van der Waals surface area contributed by atoms with Gasteiger partial charge in [0, 0.05) is 13.3 Å². The van der Waals surface area contributed by atoms with E-state index < -0.39 is 0 Å². The van der Waals surface area contributed by atoms with Crippen LogP contribution in [0.3, 0.4) is 0 Å². The highest BCUT2D eigenvalue weighted by Gasteiger charge is 2.31. The summed E-state index contributed by atoms with van der Waals surface area (Å²) in [4.78, 5) is 12.0. The molecule has 1 atom stereocenters. The van der Waals surface area contributed by atoms with Crippen LogP contribution in [0.2, 0.25) is 0 Å². The molecule has 2 aromatic rings. The first-order chi connectivity index (χ1) is 11.6. The largest absolute Gasteiger partial charge is 0.508 e. The number of amides is 1. The molecule has 4 nitrogen and oxygen atoms in total. The van der Waals surface area contributed by atoms with Gasteiger partial charge >= 0.3 is 0 Å². The van der Waals surface area contributed by atoms with Crippen molar-refractivity contribution in [3.63, 3.8) is 0 Å². The Hall–Kier alpha value is -2.62. The summed E-state index contributed by atoms with van der Waals surface area (Å²) in [5, 5.41) is 16.1. The molecule has 1 heterocycles. The molecule has 4 heteroatoms. The van der Waals surface area contributed by atoms with Gasteiger partial charge in [-0.1, -0.05) is 43.7 Å². The summed E-state index contributed by atoms with van der Waals surface area (Å²) >= 11 is 0. The molecule has 0 fully saturated rings. The van der Waals surface area contributed by atoms with Crippen LogP contribution in [0, 0.1) is 0 Å². The van der Waals surface area contributed by atoms with Gasteiger partial charge in [-0.05, 0) is 41.3 Å². The highest BCUT2D eigenvalue weighted by atomic mass is 16.3. The molecule has 1 unspecified atom stereocenters. The van der Waals surface area contributed by atoms with Gasteiger partial charge in [-0.3, -0.25) is 4.79 Å². The van der Waals surface area contributed by atoms with Gasteiger partial charge in [0.15, 0.2) is 0 Å². The molecule has 0 aliphatic carbocycles. The summed E-state index contributed by atoms with van der Waals surface area (Å²) in [6.07, 6.45) is 2.47. The van der Waals surface area contributed by atoms with Crippen LogP contribution in [0.15, 0.2) is 53.6 Å². The third kappa shape index (κ3) is 3.18. The number of aryl methyl sites for hydroxylation is 1. The van der Waals surface area contributed by atoms with Gasteiger partial charge in [-0.2, -0.15) is 5.10 Å². The lowest BCUT2D eigenvalue weighted by molar-refractivity contribution is -0.130. The van der Waals surface area contributed by atoms with Crippen LogP contribution in [0.5, 0.6) is 5.75 Å². The normalized spacial score (nSPS) is 17.0. The topological polar surface area (TPSA) is 52.9 Å². The lowest BCUT2D eigenvalue weighted by atomic mass is 9.96. The molecule has 0 radical (unpaired) electrons. The Morgan fingerprint density at radius 2 is 2.00 bits per heavy atom. The van der Waals surface area contributed by atoms with Crippen molar-refractivity contribution in [3.8, 4) is 5.75 Å². The van der Waals surface area contributed by atoms with Crippen LogP contribution in [-0.2, 0) is 11.2 Å². The number of rotatable bonds is 4. The summed E-state index contributed by atoms with van der Waals surface area (Å²) in [5.74, 6) is 0.258. The molecule has 1 aliphatic rings. The zero-order chi connectivity index (χ0) is 17.1. The minimum absolute atomic E-state index is 0.0635. The van der Waals surface area contributed by atoms with Gasteiger partial charge in [0.2, 0.25) is 5.91 Å². The van der Waals surface area contributed by atoms with Gasteiger partial charge in [0.05, 0.1) is 11.8 Å². The second kappa shape index (κ2) is 6.87. The van der Waals surface area contributed by atoms with Crippen molar-refractivity contribution in [1.29, 1.82) is 0 Å². The first-order valence-corrected chi connectivity index (χ1v) is 8.34. The third-order valence-corrected chi connectivity index (χ3v) is 4.35. The van der Waals surface area contributed by atoms with E-state index in [1.807, 2.05) is 42.5 Å². The lowest BCUT2D eigenvalue weighted by Crippen LogP contribution is -2.24. The molecule has 0 spiro atoms. The van der Waals surface area contributed by atoms with Crippen molar-refractivity contribution in [3.05, 3.63) is 65.2 Å². The van der Waals surface area contributed by atoms with Gasteiger partial charge in [-0.25, -0.2) is 5.01 Å². The third-order valence-electron chi connectivity index (χ3n) is 4.35. The average Bonchev–Trinajstić information content (AvgIpc) is 3.03. The molecule has 1 aliphatic heterocycles. The average molecular weight is 322 g/mol. The van der Waals surface area contributed by atoms with Crippen molar-refractivity contribution in [2.24, 2.45) is 5.10 Å². The molecule has 24 heavy (non-hydrogen) atoms. The SMILES string of the molecule is CCCc1cc(C2=NN(C(C)=O)C(c3ccccc3)C2)ccc1O. The molecule has 1 N–H and O–H groups in total. The van der Waals surface area contributed by atoms with E-state index in [1.54, 1.807) is 18.0 Å².